The van der Waals surface area contributed by atoms with Gasteiger partial charge in [-0.1, -0.05) is 58.2 Å². The molecule has 1 aliphatic carbocycles. The molecule has 0 radical (unpaired) electrons. The molecule has 6 heteroatoms. The van der Waals surface area contributed by atoms with E-state index in [0.717, 1.165) is 31.2 Å². The average Bonchev–Trinajstić information content (AvgIpc) is 3.38. The highest BCUT2D eigenvalue weighted by atomic mass is 16.3. The van der Waals surface area contributed by atoms with Gasteiger partial charge < -0.3 is 9.73 Å². The summed E-state index contributed by atoms with van der Waals surface area (Å²) in [4.78, 5) is 33.3. The lowest BCUT2D eigenvalue weighted by molar-refractivity contribution is -0.123. The van der Waals surface area contributed by atoms with Gasteiger partial charge in [0.25, 0.3) is 5.91 Å². The van der Waals surface area contributed by atoms with E-state index in [1.807, 2.05) is 30.3 Å². The Bertz CT molecular complexity index is 1080. The van der Waals surface area contributed by atoms with Crippen molar-refractivity contribution in [2.45, 2.75) is 70.4 Å². The molecule has 1 aromatic carbocycles. The highest BCUT2D eigenvalue weighted by Gasteiger charge is 2.36. The van der Waals surface area contributed by atoms with Crippen LogP contribution in [0, 0.1) is 0 Å². The van der Waals surface area contributed by atoms with Crippen LogP contribution in [0.15, 0.2) is 71.6 Å². The minimum absolute atomic E-state index is 0.0323. The topological polar surface area (TPSA) is 75.4 Å². The van der Waals surface area contributed by atoms with Gasteiger partial charge in [0.2, 0.25) is 5.91 Å². The van der Waals surface area contributed by atoms with Crippen LogP contribution in [0.4, 0.5) is 5.69 Å². The fraction of sp³-hybridized carbons (Fsp3) is 0.393. The number of aromatic nitrogens is 1. The Hall–Kier alpha value is -3.41. The Balaban J connectivity index is 1.77. The molecule has 0 bridgehead atoms. The second-order valence-electron chi connectivity index (χ2n) is 9.98. The van der Waals surface area contributed by atoms with Crippen LogP contribution in [-0.2, 0) is 10.2 Å². The van der Waals surface area contributed by atoms with Crippen molar-refractivity contribution in [3.8, 4) is 0 Å². The fourth-order valence-electron chi connectivity index (χ4n) is 4.51. The van der Waals surface area contributed by atoms with Crippen LogP contribution in [0.3, 0.4) is 0 Å². The molecule has 6 nitrogen and oxygen atoms in total. The van der Waals surface area contributed by atoms with Crippen LogP contribution in [-0.4, -0.2) is 22.8 Å². The van der Waals surface area contributed by atoms with Crippen molar-refractivity contribution in [3.05, 3.63) is 84.1 Å². The Morgan fingerprint density at radius 2 is 1.76 bits per heavy atom. The van der Waals surface area contributed by atoms with Gasteiger partial charge in [-0.05, 0) is 54.2 Å². The van der Waals surface area contributed by atoms with E-state index in [0.29, 0.717) is 11.3 Å². The number of hydrogen-bond donors (Lipinski definition) is 1. The number of carbonyl (C=O) groups excluding carboxylic acids is 2. The second kappa shape index (κ2) is 10.2. The summed E-state index contributed by atoms with van der Waals surface area (Å²) in [6.07, 6.45) is 10.1. The number of rotatable bonds is 6. The molecule has 2 amide bonds. The molecule has 1 fully saturated rings. The first-order chi connectivity index (χ1) is 16.3. The van der Waals surface area contributed by atoms with Gasteiger partial charge in [-0.25, -0.2) is 0 Å². The van der Waals surface area contributed by atoms with E-state index in [-0.39, 0.29) is 29.0 Å². The summed E-state index contributed by atoms with van der Waals surface area (Å²) >= 11 is 0. The van der Waals surface area contributed by atoms with Crippen molar-refractivity contribution < 1.29 is 14.0 Å². The van der Waals surface area contributed by atoms with Gasteiger partial charge in [-0.3, -0.25) is 19.5 Å². The molecule has 0 saturated heterocycles. The summed E-state index contributed by atoms with van der Waals surface area (Å²) in [5, 5.41) is 3.21. The van der Waals surface area contributed by atoms with E-state index < -0.39 is 6.04 Å². The van der Waals surface area contributed by atoms with Gasteiger partial charge in [-0.2, -0.15) is 0 Å². The number of benzene rings is 1. The molecule has 1 atom stereocenters. The zero-order valence-corrected chi connectivity index (χ0v) is 20.2. The first kappa shape index (κ1) is 23.7. The van der Waals surface area contributed by atoms with E-state index >= 15 is 0 Å². The van der Waals surface area contributed by atoms with E-state index in [4.69, 9.17) is 4.42 Å². The number of nitrogens with zero attached hydrogens (tertiary/aromatic N) is 2. The Kier molecular flexibility index (Phi) is 7.15. The summed E-state index contributed by atoms with van der Waals surface area (Å²) in [6.45, 7) is 6.43. The third-order valence-corrected chi connectivity index (χ3v) is 6.42. The minimum Gasteiger partial charge on any atom is -0.459 e. The predicted molar refractivity (Wildman–Crippen MR) is 133 cm³/mol. The van der Waals surface area contributed by atoms with Gasteiger partial charge in [-0.15, -0.1) is 0 Å². The Morgan fingerprint density at radius 1 is 1.03 bits per heavy atom. The highest BCUT2D eigenvalue weighted by molar-refractivity contribution is 6.08. The molecule has 34 heavy (non-hydrogen) atoms. The summed E-state index contributed by atoms with van der Waals surface area (Å²) < 4.78 is 5.45. The average molecular weight is 460 g/mol. The molecular weight excluding hydrogens is 426 g/mol. The van der Waals surface area contributed by atoms with Crippen LogP contribution >= 0.6 is 0 Å². The monoisotopic (exact) mass is 459 g/mol. The van der Waals surface area contributed by atoms with Crippen molar-refractivity contribution in [1.29, 1.82) is 0 Å². The maximum atomic E-state index is 13.8. The van der Waals surface area contributed by atoms with E-state index in [1.54, 1.807) is 30.6 Å². The molecule has 1 aliphatic rings. The minimum atomic E-state index is -0.881. The molecule has 178 valence electrons. The van der Waals surface area contributed by atoms with Crippen LogP contribution in [0.2, 0.25) is 0 Å². The fourth-order valence-corrected chi connectivity index (χ4v) is 4.51. The summed E-state index contributed by atoms with van der Waals surface area (Å²) in [6, 6.07) is 14.0. The van der Waals surface area contributed by atoms with Crippen molar-refractivity contribution in [2.75, 3.05) is 4.90 Å². The van der Waals surface area contributed by atoms with Crippen molar-refractivity contribution in [2.24, 2.45) is 0 Å². The lowest BCUT2D eigenvalue weighted by Crippen LogP contribution is -2.47. The molecule has 2 heterocycles. The van der Waals surface area contributed by atoms with E-state index in [1.165, 1.54) is 17.6 Å². The number of nitrogens with one attached hydrogen (secondary N) is 1. The summed E-state index contributed by atoms with van der Waals surface area (Å²) in [5.41, 5.74) is 2.39. The van der Waals surface area contributed by atoms with Crippen LogP contribution in [0.25, 0.3) is 0 Å². The van der Waals surface area contributed by atoms with Crippen molar-refractivity contribution >= 4 is 17.5 Å². The SMILES string of the molecule is CC(C)(C)c1ccc(N(C(=O)c2ccco2)C(C(=O)NC2CCCCC2)c2cccnc2)cc1. The number of furan rings is 1. The Morgan fingerprint density at radius 3 is 2.35 bits per heavy atom. The van der Waals surface area contributed by atoms with Crippen LogP contribution < -0.4 is 10.2 Å². The third kappa shape index (κ3) is 5.38. The largest absolute Gasteiger partial charge is 0.459 e. The summed E-state index contributed by atoms with van der Waals surface area (Å²) in [7, 11) is 0. The maximum absolute atomic E-state index is 13.8. The molecule has 2 aromatic heterocycles. The van der Waals surface area contributed by atoms with Gasteiger partial charge in [0, 0.05) is 29.7 Å². The molecule has 3 aromatic rings. The number of carbonyl (C=O) groups is 2. The molecule has 1 N–H and O–H groups in total. The zero-order valence-electron chi connectivity index (χ0n) is 20.2. The smallest absolute Gasteiger partial charge is 0.294 e. The maximum Gasteiger partial charge on any atom is 0.294 e. The third-order valence-electron chi connectivity index (χ3n) is 6.42. The normalized spacial score (nSPS) is 15.5. The van der Waals surface area contributed by atoms with Crippen molar-refractivity contribution in [1.82, 2.24) is 10.3 Å². The number of pyridine rings is 1. The van der Waals surface area contributed by atoms with Gasteiger partial charge in [0.1, 0.15) is 6.04 Å². The molecule has 4 rings (SSSR count). The zero-order chi connectivity index (χ0) is 24.1. The summed E-state index contributed by atoms with van der Waals surface area (Å²) in [5.74, 6) is -0.403. The first-order valence-corrected chi connectivity index (χ1v) is 12.0. The highest BCUT2D eigenvalue weighted by Crippen LogP contribution is 2.32. The van der Waals surface area contributed by atoms with Gasteiger partial charge in [0.05, 0.1) is 6.26 Å². The van der Waals surface area contributed by atoms with E-state index in [2.05, 4.69) is 31.1 Å². The number of anilines is 1. The van der Waals surface area contributed by atoms with E-state index in [9.17, 15) is 9.59 Å². The lowest BCUT2D eigenvalue weighted by Gasteiger charge is -2.33. The molecular formula is C28H33N3O3. The van der Waals surface area contributed by atoms with Gasteiger partial charge in [0.15, 0.2) is 5.76 Å². The standard InChI is InChI=1S/C28H33N3O3/c1-28(2,3)21-13-15-23(16-14-21)31(27(33)24-12-8-18-34-24)25(20-9-7-17-29-19-20)26(32)30-22-10-5-4-6-11-22/h7-9,12-19,22,25H,4-6,10-11H2,1-3H3,(H,30,32). The van der Waals surface area contributed by atoms with Crippen LogP contribution in [0.1, 0.15) is 80.6 Å². The quantitative estimate of drug-likeness (QED) is 0.505. The first-order valence-electron chi connectivity index (χ1n) is 12.0. The Labute approximate surface area is 201 Å². The van der Waals surface area contributed by atoms with Crippen molar-refractivity contribution in [3.63, 3.8) is 0 Å². The predicted octanol–water partition coefficient (Wildman–Crippen LogP) is 5.81. The second-order valence-corrected chi connectivity index (χ2v) is 9.98. The molecule has 1 unspecified atom stereocenters. The lowest BCUT2D eigenvalue weighted by atomic mass is 9.87. The van der Waals surface area contributed by atoms with Gasteiger partial charge >= 0.3 is 0 Å². The number of hydrogen-bond acceptors (Lipinski definition) is 4. The molecule has 0 spiro atoms. The molecule has 1 saturated carbocycles. The number of amides is 2. The molecule has 0 aliphatic heterocycles. The van der Waals surface area contributed by atoms with Crippen LogP contribution in [0.5, 0.6) is 0 Å².